The van der Waals surface area contributed by atoms with Crippen LogP contribution in [0, 0.1) is 0 Å². The largest absolute Gasteiger partial charge is 0.336 e. The van der Waals surface area contributed by atoms with Crippen molar-refractivity contribution < 1.29 is 14.4 Å². The average Bonchev–Trinajstić information content (AvgIpc) is 3.38. The Morgan fingerprint density at radius 1 is 0.738 bits per heavy atom. The smallest absolute Gasteiger partial charge is 0.309 e. The molecule has 1 fully saturated rings. The number of aromatic nitrogens is 1. The molecule has 5 aromatic rings. The van der Waals surface area contributed by atoms with E-state index in [1.807, 2.05) is 91.0 Å². The second-order valence-electron chi connectivity index (χ2n) is 9.41. The van der Waals surface area contributed by atoms with E-state index in [4.69, 9.17) is 23.2 Å². The molecule has 1 aliphatic heterocycles. The SMILES string of the molecule is O=C1NC(=O)N(c2cccc(Cl)c2Cl)C(=O)/C1=C\c1cc(-c2ccccc2)n(-c2ccc(Br)cc2)c1-c1ccccc1. The minimum Gasteiger partial charge on any atom is -0.309 e. The van der Waals surface area contributed by atoms with Gasteiger partial charge in [0, 0.05) is 15.7 Å². The Bertz CT molecular complexity index is 1890. The zero-order chi connectivity index (χ0) is 29.4. The van der Waals surface area contributed by atoms with Gasteiger partial charge in [-0.1, -0.05) is 106 Å². The lowest BCUT2D eigenvalue weighted by molar-refractivity contribution is -0.122. The lowest BCUT2D eigenvalue weighted by Crippen LogP contribution is -2.54. The van der Waals surface area contributed by atoms with Gasteiger partial charge in [-0.15, -0.1) is 0 Å². The van der Waals surface area contributed by atoms with E-state index in [9.17, 15) is 14.4 Å². The van der Waals surface area contributed by atoms with Crippen molar-refractivity contribution in [3.05, 3.63) is 135 Å². The van der Waals surface area contributed by atoms with Crippen LogP contribution in [0.2, 0.25) is 10.0 Å². The highest BCUT2D eigenvalue weighted by Crippen LogP contribution is 2.39. The van der Waals surface area contributed by atoms with Gasteiger partial charge in [-0.3, -0.25) is 14.9 Å². The van der Waals surface area contributed by atoms with E-state index in [0.29, 0.717) is 5.56 Å². The van der Waals surface area contributed by atoms with Crippen LogP contribution in [0.1, 0.15) is 5.56 Å². The molecule has 4 aromatic carbocycles. The Kier molecular flexibility index (Phi) is 7.56. The molecule has 1 aromatic heterocycles. The second-order valence-corrected chi connectivity index (χ2v) is 11.1. The van der Waals surface area contributed by atoms with Crippen LogP contribution in [0.25, 0.3) is 34.3 Å². The van der Waals surface area contributed by atoms with Crippen molar-refractivity contribution >= 4 is 68.7 Å². The maximum absolute atomic E-state index is 13.8. The number of nitrogens with one attached hydrogen (secondary N) is 1. The monoisotopic (exact) mass is 655 g/mol. The highest BCUT2D eigenvalue weighted by atomic mass is 79.9. The fraction of sp³-hybridized carbons (Fsp3) is 0. The van der Waals surface area contributed by atoms with Crippen molar-refractivity contribution in [1.29, 1.82) is 0 Å². The van der Waals surface area contributed by atoms with Gasteiger partial charge in [-0.05, 0) is 59.7 Å². The fourth-order valence-electron chi connectivity index (χ4n) is 4.91. The molecule has 0 spiro atoms. The van der Waals surface area contributed by atoms with E-state index in [0.717, 1.165) is 37.6 Å². The molecule has 1 N–H and O–H groups in total. The van der Waals surface area contributed by atoms with Gasteiger partial charge in [0.2, 0.25) is 0 Å². The van der Waals surface area contributed by atoms with Crippen LogP contribution < -0.4 is 10.2 Å². The van der Waals surface area contributed by atoms with Crippen molar-refractivity contribution in [2.45, 2.75) is 0 Å². The first-order chi connectivity index (χ1) is 20.3. The van der Waals surface area contributed by atoms with Gasteiger partial charge in [0.25, 0.3) is 11.8 Å². The number of urea groups is 1. The van der Waals surface area contributed by atoms with Gasteiger partial charge in [0.1, 0.15) is 5.57 Å². The Hall–Kier alpha value is -4.43. The maximum Gasteiger partial charge on any atom is 0.336 e. The number of carbonyl (C=O) groups is 3. The number of hydrogen-bond donors (Lipinski definition) is 1. The second kappa shape index (κ2) is 11.4. The minimum absolute atomic E-state index is 0.0223. The number of benzene rings is 4. The number of nitrogens with zero attached hydrogens (tertiary/aromatic N) is 2. The number of halogens is 3. The molecular formula is C33H20BrCl2N3O3. The van der Waals surface area contributed by atoms with Crippen molar-refractivity contribution in [3.63, 3.8) is 0 Å². The van der Waals surface area contributed by atoms with E-state index < -0.39 is 17.8 Å². The van der Waals surface area contributed by atoms with E-state index in [1.54, 1.807) is 12.1 Å². The van der Waals surface area contributed by atoms with Crippen LogP contribution in [-0.4, -0.2) is 22.4 Å². The topological polar surface area (TPSA) is 71.4 Å². The Morgan fingerprint density at radius 3 is 2.05 bits per heavy atom. The van der Waals surface area contributed by atoms with Crippen molar-refractivity contribution in [2.75, 3.05) is 4.90 Å². The van der Waals surface area contributed by atoms with Crippen LogP contribution >= 0.6 is 39.1 Å². The molecule has 42 heavy (non-hydrogen) atoms. The number of hydrogen-bond acceptors (Lipinski definition) is 3. The molecule has 0 bridgehead atoms. The van der Waals surface area contributed by atoms with E-state index in [-0.39, 0.29) is 21.3 Å². The van der Waals surface area contributed by atoms with Gasteiger partial charge < -0.3 is 4.57 Å². The first-order valence-corrected chi connectivity index (χ1v) is 14.4. The number of rotatable bonds is 5. The van der Waals surface area contributed by atoms with Gasteiger partial charge in [0.15, 0.2) is 0 Å². The highest BCUT2D eigenvalue weighted by molar-refractivity contribution is 9.10. The molecule has 2 heterocycles. The summed E-state index contributed by atoms with van der Waals surface area (Å²) in [5, 5.41) is 2.46. The van der Waals surface area contributed by atoms with Crippen LogP contribution in [0.3, 0.4) is 0 Å². The lowest BCUT2D eigenvalue weighted by atomic mass is 10.0. The molecule has 0 atom stereocenters. The molecule has 0 aliphatic carbocycles. The van der Waals surface area contributed by atoms with Crippen molar-refractivity contribution in [2.24, 2.45) is 0 Å². The zero-order valence-corrected chi connectivity index (χ0v) is 24.8. The predicted octanol–water partition coefficient (Wildman–Crippen LogP) is 8.55. The summed E-state index contributed by atoms with van der Waals surface area (Å²) in [4.78, 5) is 40.6. The Labute approximate surface area is 259 Å². The molecule has 4 amide bonds. The van der Waals surface area contributed by atoms with Crippen molar-refractivity contribution in [1.82, 2.24) is 9.88 Å². The van der Waals surface area contributed by atoms with Gasteiger partial charge >= 0.3 is 6.03 Å². The molecule has 1 aliphatic rings. The molecule has 0 unspecified atom stereocenters. The first-order valence-electron chi connectivity index (χ1n) is 12.8. The van der Waals surface area contributed by atoms with Crippen LogP contribution in [0.5, 0.6) is 0 Å². The summed E-state index contributed by atoms with van der Waals surface area (Å²) < 4.78 is 3.02. The molecular weight excluding hydrogens is 637 g/mol. The molecule has 206 valence electrons. The normalized spacial score (nSPS) is 14.4. The summed E-state index contributed by atoms with van der Waals surface area (Å²) in [5.41, 5.74) is 4.73. The van der Waals surface area contributed by atoms with Crippen LogP contribution in [0.4, 0.5) is 10.5 Å². The van der Waals surface area contributed by atoms with E-state index in [1.165, 1.54) is 12.1 Å². The molecule has 0 saturated carbocycles. The maximum atomic E-state index is 13.8. The Balaban J connectivity index is 1.60. The highest BCUT2D eigenvalue weighted by Gasteiger charge is 2.38. The molecule has 1 saturated heterocycles. The number of anilines is 1. The summed E-state index contributed by atoms with van der Waals surface area (Å²) in [5.74, 6) is -1.62. The standard InChI is InChI=1S/C33H20BrCl2N3O3/c34-23-14-16-24(17-15-23)38-28(20-8-3-1-4-9-20)19-22(30(38)21-10-5-2-6-11-21)18-25-31(40)37-33(42)39(32(25)41)27-13-7-12-26(35)29(27)36/h1-19H,(H,37,40,42)/b25-18-. The first kappa shape index (κ1) is 27.7. The van der Waals surface area contributed by atoms with Gasteiger partial charge in [-0.25, -0.2) is 9.69 Å². The third-order valence-corrected chi connectivity index (χ3v) is 8.14. The number of barbiturate groups is 1. The Morgan fingerprint density at radius 2 is 1.38 bits per heavy atom. The van der Waals surface area contributed by atoms with E-state index >= 15 is 0 Å². The summed E-state index contributed by atoms with van der Waals surface area (Å²) in [7, 11) is 0. The summed E-state index contributed by atoms with van der Waals surface area (Å²) in [6, 6.07) is 33.0. The number of amides is 4. The van der Waals surface area contributed by atoms with Gasteiger partial charge in [-0.2, -0.15) is 0 Å². The van der Waals surface area contributed by atoms with Crippen LogP contribution in [0.15, 0.2) is 119 Å². The summed E-state index contributed by atoms with van der Waals surface area (Å²) in [6.07, 6.45) is 1.51. The predicted molar refractivity (Wildman–Crippen MR) is 170 cm³/mol. The quantitative estimate of drug-likeness (QED) is 0.152. The summed E-state index contributed by atoms with van der Waals surface area (Å²) in [6.45, 7) is 0. The van der Waals surface area contributed by atoms with Crippen LogP contribution in [-0.2, 0) is 9.59 Å². The number of carbonyl (C=O) groups excluding carboxylic acids is 3. The van der Waals surface area contributed by atoms with Crippen molar-refractivity contribution in [3.8, 4) is 28.2 Å². The average molecular weight is 657 g/mol. The molecule has 6 nitrogen and oxygen atoms in total. The summed E-state index contributed by atoms with van der Waals surface area (Å²) >= 11 is 16.0. The zero-order valence-electron chi connectivity index (χ0n) is 21.7. The fourth-order valence-corrected chi connectivity index (χ4v) is 5.55. The number of imide groups is 2. The third kappa shape index (κ3) is 5.07. The molecule has 6 rings (SSSR count). The van der Waals surface area contributed by atoms with Gasteiger partial charge in [0.05, 0.1) is 27.1 Å². The molecule has 9 heteroatoms. The lowest BCUT2D eigenvalue weighted by Gasteiger charge is -2.27. The minimum atomic E-state index is -0.910. The van der Waals surface area contributed by atoms with E-state index in [2.05, 4.69) is 25.8 Å². The molecule has 0 radical (unpaired) electrons. The third-order valence-electron chi connectivity index (χ3n) is 6.81.